The number of rotatable bonds is 6. The summed E-state index contributed by atoms with van der Waals surface area (Å²) in [6.45, 7) is 7.19. The lowest BCUT2D eigenvalue weighted by Crippen LogP contribution is -2.49. The predicted octanol–water partition coefficient (Wildman–Crippen LogP) is 2.74. The summed E-state index contributed by atoms with van der Waals surface area (Å²) in [6.07, 6.45) is 5.33. The molecule has 0 aromatic heterocycles. The van der Waals surface area contributed by atoms with Gasteiger partial charge in [0.15, 0.2) is 0 Å². The fourth-order valence-electron chi connectivity index (χ4n) is 2.42. The lowest BCUT2D eigenvalue weighted by atomic mass is 9.71. The van der Waals surface area contributed by atoms with Gasteiger partial charge in [-0.1, -0.05) is 26.7 Å². The van der Waals surface area contributed by atoms with Gasteiger partial charge in [0, 0.05) is 19.4 Å². The third-order valence-corrected chi connectivity index (χ3v) is 3.44. The maximum absolute atomic E-state index is 10.2. The van der Waals surface area contributed by atoms with Crippen LogP contribution in [0.25, 0.3) is 0 Å². The van der Waals surface area contributed by atoms with Crippen LogP contribution in [0, 0.1) is 5.92 Å². The van der Waals surface area contributed by atoms with Crippen molar-refractivity contribution in [2.45, 2.75) is 64.6 Å². The molecule has 0 amide bonds. The molecule has 1 rings (SSSR count). The van der Waals surface area contributed by atoms with E-state index in [4.69, 9.17) is 4.74 Å². The van der Waals surface area contributed by atoms with E-state index in [0.717, 1.165) is 25.9 Å². The van der Waals surface area contributed by atoms with Crippen molar-refractivity contribution in [3.05, 3.63) is 0 Å². The minimum absolute atomic E-state index is 0.319. The maximum Gasteiger partial charge on any atom is 0.0699 e. The van der Waals surface area contributed by atoms with Crippen molar-refractivity contribution in [3.63, 3.8) is 0 Å². The molecule has 1 fully saturated rings. The average Bonchev–Trinajstić information content (AvgIpc) is 2.12. The average molecular weight is 200 g/mol. The molecule has 1 N–H and O–H groups in total. The molecular formula is C12H24O2. The quantitative estimate of drug-likeness (QED) is 0.714. The summed E-state index contributed by atoms with van der Waals surface area (Å²) in [5, 5.41) is 10.2. The van der Waals surface area contributed by atoms with Gasteiger partial charge in [0.05, 0.1) is 11.7 Å². The van der Waals surface area contributed by atoms with E-state index in [2.05, 4.69) is 13.8 Å². The van der Waals surface area contributed by atoms with Gasteiger partial charge < -0.3 is 9.84 Å². The molecule has 0 bridgehead atoms. The smallest absolute Gasteiger partial charge is 0.0699 e. The summed E-state index contributed by atoms with van der Waals surface area (Å²) in [7, 11) is 0. The largest absolute Gasteiger partial charge is 0.390 e. The Bertz CT molecular complexity index is 158. The van der Waals surface area contributed by atoms with E-state index in [1.165, 1.54) is 12.8 Å². The summed E-state index contributed by atoms with van der Waals surface area (Å²) < 4.78 is 5.46. The van der Waals surface area contributed by atoms with E-state index in [1.54, 1.807) is 0 Å². The van der Waals surface area contributed by atoms with Gasteiger partial charge in [-0.15, -0.1) is 0 Å². The molecule has 0 aromatic rings. The minimum Gasteiger partial charge on any atom is -0.390 e. The standard InChI is InChI=1S/C12H24O2/c1-4-10(5-2)7-12(13)8-11(9-12)14-6-3/h10-11,13H,4-9H2,1-3H3. The second kappa shape index (κ2) is 5.13. The van der Waals surface area contributed by atoms with Gasteiger partial charge >= 0.3 is 0 Å². The molecule has 1 aliphatic carbocycles. The molecule has 0 radical (unpaired) electrons. The molecule has 0 aromatic carbocycles. The summed E-state index contributed by atoms with van der Waals surface area (Å²) >= 11 is 0. The van der Waals surface area contributed by atoms with Gasteiger partial charge in [0.25, 0.3) is 0 Å². The van der Waals surface area contributed by atoms with Crippen molar-refractivity contribution in [1.82, 2.24) is 0 Å². The number of aliphatic hydroxyl groups is 1. The highest BCUT2D eigenvalue weighted by Crippen LogP contribution is 2.40. The summed E-state index contributed by atoms with van der Waals surface area (Å²) in [6, 6.07) is 0. The molecule has 0 spiro atoms. The van der Waals surface area contributed by atoms with Crippen LogP contribution < -0.4 is 0 Å². The molecule has 84 valence electrons. The van der Waals surface area contributed by atoms with E-state index in [9.17, 15) is 5.11 Å². The monoisotopic (exact) mass is 200 g/mol. The van der Waals surface area contributed by atoms with Crippen LogP contribution in [0.2, 0.25) is 0 Å². The Kier molecular flexibility index (Phi) is 4.39. The van der Waals surface area contributed by atoms with Gasteiger partial charge in [0.1, 0.15) is 0 Å². The highest BCUT2D eigenvalue weighted by Gasteiger charge is 2.43. The Labute approximate surface area is 87.7 Å². The van der Waals surface area contributed by atoms with Gasteiger partial charge in [0.2, 0.25) is 0 Å². The van der Waals surface area contributed by atoms with Crippen LogP contribution in [0.1, 0.15) is 52.9 Å². The van der Waals surface area contributed by atoms with Crippen LogP contribution in [0.15, 0.2) is 0 Å². The lowest BCUT2D eigenvalue weighted by molar-refractivity contribution is -0.147. The van der Waals surface area contributed by atoms with Crippen LogP contribution >= 0.6 is 0 Å². The highest BCUT2D eigenvalue weighted by molar-refractivity contribution is 4.96. The SMILES string of the molecule is CCOC1CC(O)(CC(CC)CC)C1. The van der Waals surface area contributed by atoms with Gasteiger partial charge in [-0.3, -0.25) is 0 Å². The molecule has 0 saturated heterocycles. The number of hydrogen-bond donors (Lipinski definition) is 1. The van der Waals surface area contributed by atoms with E-state index < -0.39 is 5.60 Å². The van der Waals surface area contributed by atoms with E-state index in [1.807, 2.05) is 6.92 Å². The van der Waals surface area contributed by atoms with Gasteiger partial charge in [-0.05, 0) is 19.3 Å². The van der Waals surface area contributed by atoms with Crippen molar-refractivity contribution in [1.29, 1.82) is 0 Å². The second-order valence-corrected chi connectivity index (χ2v) is 4.60. The van der Waals surface area contributed by atoms with Crippen LogP contribution in [0.5, 0.6) is 0 Å². The third-order valence-electron chi connectivity index (χ3n) is 3.44. The maximum atomic E-state index is 10.2. The fraction of sp³-hybridized carbons (Fsp3) is 1.00. The summed E-state index contributed by atoms with van der Waals surface area (Å²) in [4.78, 5) is 0. The molecular weight excluding hydrogens is 176 g/mol. The van der Waals surface area contributed by atoms with Crippen molar-refractivity contribution in [2.75, 3.05) is 6.61 Å². The Morgan fingerprint density at radius 1 is 1.29 bits per heavy atom. The zero-order valence-corrected chi connectivity index (χ0v) is 9.75. The van der Waals surface area contributed by atoms with Gasteiger partial charge in [-0.25, -0.2) is 0 Å². The first-order chi connectivity index (χ1) is 6.63. The first-order valence-electron chi connectivity index (χ1n) is 5.97. The van der Waals surface area contributed by atoms with Crippen molar-refractivity contribution in [3.8, 4) is 0 Å². The molecule has 0 heterocycles. The molecule has 0 aliphatic heterocycles. The van der Waals surface area contributed by atoms with Crippen LogP contribution in [-0.2, 0) is 4.74 Å². The summed E-state index contributed by atoms with van der Waals surface area (Å²) in [5.41, 5.74) is -0.406. The number of ether oxygens (including phenoxy) is 1. The Morgan fingerprint density at radius 3 is 2.29 bits per heavy atom. The predicted molar refractivity (Wildman–Crippen MR) is 58.3 cm³/mol. The zero-order chi connectivity index (χ0) is 10.6. The topological polar surface area (TPSA) is 29.5 Å². The first kappa shape index (κ1) is 12.0. The highest BCUT2D eigenvalue weighted by atomic mass is 16.5. The lowest BCUT2D eigenvalue weighted by Gasteiger charge is -2.44. The first-order valence-corrected chi connectivity index (χ1v) is 5.97. The van der Waals surface area contributed by atoms with Crippen LogP contribution in [-0.4, -0.2) is 23.4 Å². The second-order valence-electron chi connectivity index (χ2n) is 4.60. The van der Waals surface area contributed by atoms with Crippen LogP contribution in [0.4, 0.5) is 0 Å². The van der Waals surface area contributed by atoms with Crippen molar-refractivity contribution < 1.29 is 9.84 Å². The van der Waals surface area contributed by atoms with E-state index in [-0.39, 0.29) is 0 Å². The van der Waals surface area contributed by atoms with E-state index >= 15 is 0 Å². The Morgan fingerprint density at radius 2 is 1.86 bits per heavy atom. The van der Waals surface area contributed by atoms with Crippen molar-refractivity contribution in [2.24, 2.45) is 5.92 Å². The molecule has 2 heteroatoms. The van der Waals surface area contributed by atoms with Gasteiger partial charge in [-0.2, -0.15) is 0 Å². The fourth-order valence-corrected chi connectivity index (χ4v) is 2.42. The molecule has 14 heavy (non-hydrogen) atoms. The number of hydrogen-bond acceptors (Lipinski definition) is 2. The van der Waals surface area contributed by atoms with E-state index in [0.29, 0.717) is 12.0 Å². The Hall–Kier alpha value is -0.0800. The Balaban J connectivity index is 2.25. The molecule has 1 saturated carbocycles. The zero-order valence-electron chi connectivity index (χ0n) is 9.75. The van der Waals surface area contributed by atoms with Crippen LogP contribution in [0.3, 0.4) is 0 Å². The molecule has 0 atom stereocenters. The van der Waals surface area contributed by atoms with Crippen molar-refractivity contribution >= 4 is 0 Å². The molecule has 0 unspecified atom stereocenters. The molecule has 1 aliphatic rings. The minimum atomic E-state index is -0.406. The normalized spacial score (nSPS) is 31.9. The summed E-state index contributed by atoms with van der Waals surface area (Å²) in [5.74, 6) is 0.683. The molecule has 2 nitrogen and oxygen atoms in total. The third kappa shape index (κ3) is 2.96.